The van der Waals surface area contributed by atoms with Crippen molar-refractivity contribution in [2.75, 3.05) is 29.0 Å². The van der Waals surface area contributed by atoms with Gasteiger partial charge >= 0.3 is 6.03 Å². The Morgan fingerprint density at radius 3 is 2.64 bits per heavy atom. The Morgan fingerprint density at radius 2 is 1.91 bits per heavy atom. The van der Waals surface area contributed by atoms with E-state index in [1.165, 1.54) is 11.1 Å². The van der Waals surface area contributed by atoms with Crippen LogP contribution >= 0.6 is 0 Å². The molecule has 0 aliphatic carbocycles. The number of urea groups is 1. The number of anilines is 4. The lowest BCUT2D eigenvalue weighted by atomic mass is 10.2. The Balaban J connectivity index is 1.46. The molecule has 1 unspecified atom stereocenters. The summed E-state index contributed by atoms with van der Waals surface area (Å²) in [7, 11) is 0. The summed E-state index contributed by atoms with van der Waals surface area (Å²) in [6, 6.07) is 16.3. The fraction of sp³-hybridized carbons (Fsp3) is 0.217. The van der Waals surface area contributed by atoms with Crippen LogP contribution in [0.15, 0.2) is 60.8 Å². The molecule has 4 rings (SSSR count). The van der Waals surface area contributed by atoms with Crippen molar-refractivity contribution in [3.8, 4) is 0 Å². The number of alkyl halides is 1. The summed E-state index contributed by atoms with van der Waals surface area (Å²) < 4.78 is 13.4. The molecular weight excluding hydrogens is 425 g/mol. The number of nitrogens with zero attached hydrogens (tertiary/aromatic N) is 3. The van der Waals surface area contributed by atoms with Crippen LogP contribution in [-0.2, 0) is 6.54 Å². The first-order chi connectivity index (χ1) is 16.0. The third-order valence-electron chi connectivity index (χ3n) is 5.14. The van der Waals surface area contributed by atoms with E-state index in [2.05, 4.69) is 25.9 Å². The van der Waals surface area contributed by atoms with Gasteiger partial charge in [-0.15, -0.1) is 0 Å². The van der Waals surface area contributed by atoms with Gasteiger partial charge in [0.2, 0.25) is 5.95 Å². The lowest BCUT2D eigenvalue weighted by Gasteiger charge is -2.17. The van der Waals surface area contributed by atoms with Crippen LogP contribution in [0.2, 0.25) is 0 Å². The maximum Gasteiger partial charge on any atom is 0.321 e. The molecule has 3 amide bonds. The molecule has 0 spiro atoms. The molecule has 10 heteroatoms. The second kappa shape index (κ2) is 9.94. The quantitative estimate of drug-likeness (QED) is 0.437. The number of amides is 3. The summed E-state index contributed by atoms with van der Waals surface area (Å²) in [5, 5.41) is 8.95. The van der Waals surface area contributed by atoms with Gasteiger partial charge in [0, 0.05) is 30.7 Å². The van der Waals surface area contributed by atoms with E-state index < -0.39 is 12.1 Å². The number of nitrogens with two attached hydrogens (primary N) is 1. The topological polar surface area (TPSA) is 125 Å². The number of hydrogen-bond donors (Lipinski definition) is 4. The van der Waals surface area contributed by atoms with Crippen LogP contribution < -0.4 is 21.7 Å². The predicted molar refractivity (Wildman–Crippen MR) is 124 cm³/mol. The first-order valence-corrected chi connectivity index (χ1v) is 10.5. The van der Waals surface area contributed by atoms with Crippen molar-refractivity contribution < 1.29 is 14.0 Å². The number of carbonyl (C=O) groups excluding carboxylic acids is 2. The fourth-order valence-electron chi connectivity index (χ4n) is 3.45. The number of hydrogen-bond acceptors (Lipinski definition) is 6. The lowest BCUT2D eigenvalue weighted by Crippen LogP contribution is -2.33. The first kappa shape index (κ1) is 22.0. The van der Waals surface area contributed by atoms with E-state index in [4.69, 9.17) is 5.73 Å². The minimum absolute atomic E-state index is 0.0998. The number of likely N-dealkylation sites (tertiary alicyclic amines) is 1. The Kier molecular flexibility index (Phi) is 6.63. The first-order valence-electron chi connectivity index (χ1n) is 10.5. The number of nitrogens with one attached hydrogen (secondary N) is 3. The van der Waals surface area contributed by atoms with Gasteiger partial charge in [-0.2, -0.15) is 4.98 Å². The molecule has 1 atom stereocenters. The molecule has 1 aliphatic heterocycles. The van der Waals surface area contributed by atoms with E-state index in [-0.39, 0.29) is 24.1 Å². The number of benzene rings is 2. The molecule has 1 saturated heterocycles. The fourth-order valence-corrected chi connectivity index (χ4v) is 3.45. The molecule has 0 bridgehead atoms. The van der Waals surface area contributed by atoms with Crippen LogP contribution in [0.3, 0.4) is 0 Å². The molecular formula is C23H24FN7O2. The zero-order valence-corrected chi connectivity index (χ0v) is 17.8. The Hall–Kier alpha value is -4.21. The van der Waals surface area contributed by atoms with Crippen LogP contribution in [0.1, 0.15) is 22.3 Å². The van der Waals surface area contributed by atoms with E-state index >= 15 is 0 Å². The van der Waals surface area contributed by atoms with Crippen LogP contribution in [0, 0.1) is 0 Å². The molecule has 0 saturated carbocycles. The summed E-state index contributed by atoms with van der Waals surface area (Å²) in [5.41, 5.74) is 7.82. The summed E-state index contributed by atoms with van der Waals surface area (Å²) >= 11 is 0. The van der Waals surface area contributed by atoms with Crippen molar-refractivity contribution in [2.45, 2.75) is 19.1 Å². The predicted octanol–water partition coefficient (Wildman–Crippen LogP) is 3.51. The number of primary amides is 1. The maximum absolute atomic E-state index is 13.4. The second-order valence-electron chi connectivity index (χ2n) is 7.63. The van der Waals surface area contributed by atoms with Gasteiger partial charge in [-0.3, -0.25) is 4.79 Å². The minimum atomic E-state index is -0.978. The monoisotopic (exact) mass is 449 g/mol. The van der Waals surface area contributed by atoms with E-state index in [1.807, 2.05) is 30.3 Å². The molecule has 2 heterocycles. The van der Waals surface area contributed by atoms with Crippen molar-refractivity contribution in [1.29, 1.82) is 0 Å². The molecule has 1 aliphatic rings. The van der Waals surface area contributed by atoms with Gasteiger partial charge in [0.1, 0.15) is 12.0 Å². The number of rotatable bonds is 7. The van der Waals surface area contributed by atoms with Gasteiger partial charge < -0.3 is 26.6 Å². The van der Waals surface area contributed by atoms with Gasteiger partial charge in [-0.1, -0.05) is 36.4 Å². The Labute approximate surface area is 190 Å². The lowest BCUT2D eigenvalue weighted by molar-refractivity contribution is 0.100. The van der Waals surface area contributed by atoms with Crippen LogP contribution in [-0.4, -0.2) is 46.1 Å². The third-order valence-corrected chi connectivity index (χ3v) is 5.14. The van der Waals surface area contributed by atoms with Crippen LogP contribution in [0.4, 0.5) is 32.3 Å². The molecule has 2 aromatic carbocycles. The van der Waals surface area contributed by atoms with Gasteiger partial charge in [-0.05, 0) is 30.2 Å². The molecule has 1 aromatic heterocycles. The molecule has 9 nitrogen and oxygen atoms in total. The number of halogens is 1. The Morgan fingerprint density at radius 1 is 1.12 bits per heavy atom. The van der Waals surface area contributed by atoms with Crippen molar-refractivity contribution in [3.63, 3.8) is 0 Å². The molecule has 170 valence electrons. The van der Waals surface area contributed by atoms with Crippen LogP contribution in [0.25, 0.3) is 0 Å². The SMILES string of the molecule is NC(=O)c1cnc(Nc2cccc(NC(=O)N3CCC(F)C3)c2)nc1NCc1ccccc1. The molecule has 33 heavy (non-hydrogen) atoms. The highest BCUT2D eigenvalue weighted by atomic mass is 19.1. The highest BCUT2D eigenvalue weighted by Gasteiger charge is 2.25. The van der Waals surface area contributed by atoms with Gasteiger partial charge in [0.05, 0.1) is 12.1 Å². The summed E-state index contributed by atoms with van der Waals surface area (Å²) in [6.45, 7) is 0.946. The number of aromatic nitrogens is 2. The van der Waals surface area contributed by atoms with Crippen molar-refractivity contribution in [3.05, 3.63) is 71.9 Å². The van der Waals surface area contributed by atoms with E-state index in [0.717, 1.165) is 5.56 Å². The Bertz CT molecular complexity index is 1140. The third kappa shape index (κ3) is 5.73. The average molecular weight is 449 g/mol. The maximum atomic E-state index is 13.4. The van der Waals surface area contributed by atoms with Gasteiger partial charge in [-0.25, -0.2) is 14.2 Å². The van der Waals surface area contributed by atoms with E-state index in [0.29, 0.717) is 36.7 Å². The summed E-state index contributed by atoms with van der Waals surface area (Å²) in [5.74, 6) is -0.0822. The van der Waals surface area contributed by atoms with Crippen molar-refractivity contribution >= 4 is 35.1 Å². The molecule has 0 radical (unpaired) electrons. The molecule has 3 aromatic rings. The van der Waals surface area contributed by atoms with E-state index in [1.54, 1.807) is 24.3 Å². The zero-order chi connectivity index (χ0) is 23.2. The summed E-state index contributed by atoms with van der Waals surface area (Å²) in [4.78, 5) is 34.1. The summed E-state index contributed by atoms with van der Waals surface area (Å²) in [6.07, 6.45) is 0.736. The zero-order valence-electron chi connectivity index (χ0n) is 17.8. The van der Waals surface area contributed by atoms with Gasteiger partial charge in [0.25, 0.3) is 5.91 Å². The largest absolute Gasteiger partial charge is 0.365 e. The standard InChI is InChI=1S/C23H24FN7O2/c24-16-9-10-31(14-16)23(33)29-18-8-4-7-17(11-18)28-22-27-13-19(20(25)32)21(30-22)26-12-15-5-2-1-3-6-15/h1-8,11,13,16H,9-10,12,14H2,(H2,25,32)(H,29,33)(H2,26,27,28,30). The highest BCUT2D eigenvalue weighted by molar-refractivity contribution is 5.97. The molecule has 5 N–H and O–H groups in total. The van der Waals surface area contributed by atoms with Crippen molar-refractivity contribution in [2.24, 2.45) is 5.73 Å². The molecule has 1 fully saturated rings. The smallest absolute Gasteiger partial charge is 0.321 e. The van der Waals surface area contributed by atoms with Gasteiger partial charge in [0.15, 0.2) is 0 Å². The normalized spacial score (nSPS) is 15.2. The van der Waals surface area contributed by atoms with E-state index in [9.17, 15) is 14.0 Å². The average Bonchev–Trinajstić information content (AvgIpc) is 3.25. The second-order valence-corrected chi connectivity index (χ2v) is 7.63. The minimum Gasteiger partial charge on any atom is -0.365 e. The number of carbonyl (C=O) groups is 2. The van der Waals surface area contributed by atoms with Crippen molar-refractivity contribution in [1.82, 2.24) is 14.9 Å². The highest BCUT2D eigenvalue weighted by Crippen LogP contribution is 2.22. The van der Waals surface area contributed by atoms with Crippen LogP contribution in [0.5, 0.6) is 0 Å².